The van der Waals surface area contributed by atoms with E-state index in [0.717, 1.165) is 11.3 Å². The van der Waals surface area contributed by atoms with Crippen molar-refractivity contribution in [1.82, 2.24) is 5.32 Å². The van der Waals surface area contributed by atoms with Crippen LogP contribution in [0.5, 0.6) is 0 Å². The summed E-state index contributed by atoms with van der Waals surface area (Å²) in [6, 6.07) is 16.4. The third-order valence-corrected chi connectivity index (χ3v) is 4.41. The summed E-state index contributed by atoms with van der Waals surface area (Å²) in [5, 5.41) is 8.70. The highest BCUT2D eigenvalue weighted by Gasteiger charge is 2.12. The van der Waals surface area contributed by atoms with Crippen LogP contribution in [-0.2, 0) is 11.3 Å². The molecule has 28 heavy (non-hydrogen) atoms. The van der Waals surface area contributed by atoms with E-state index in [1.165, 1.54) is 5.56 Å². The summed E-state index contributed by atoms with van der Waals surface area (Å²) in [6.07, 6.45) is 1.56. The quantitative estimate of drug-likeness (QED) is 0.583. The molecular formula is C22H23N3O3. The van der Waals surface area contributed by atoms with Gasteiger partial charge in [-0.25, -0.2) is 0 Å². The smallest absolute Gasteiger partial charge is 0.253 e. The number of nitrogens with one attached hydrogen (secondary N) is 3. The molecule has 3 rings (SSSR count). The Labute approximate surface area is 164 Å². The van der Waals surface area contributed by atoms with Gasteiger partial charge in [-0.05, 0) is 61.4 Å². The molecule has 0 atom stereocenters. The number of amides is 2. The summed E-state index contributed by atoms with van der Waals surface area (Å²) in [6.45, 7) is 4.38. The average molecular weight is 377 g/mol. The van der Waals surface area contributed by atoms with Crippen LogP contribution in [0, 0.1) is 13.8 Å². The maximum Gasteiger partial charge on any atom is 0.253 e. The first-order valence-electron chi connectivity index (χ1n) is 9.03. The van der Waals surface area contributed by atoms with Gasteiger partial charge in [0.15, 0.2) is 0 Å². The zero-order chi connectivity index (χ0) is 19.9. The third-order valence-electron chi connectivity index (χ3n) is 4.41. The maximum absolute atomic E-state index is 12.5. The number of para-hydroxylation sites is 1. The molecule has 2 aromatic carbocycles. The molecule has 0 spiro atoms. The fourth-order valence-electron chi connectivity index (χ4n) is 2.71. The van der Waals surface area contributed by atoms with Crippen LogP contribution in [0.4, 0.5) is 11.4 Å². The lowest BCUT2D eigenvalue weighted by Crippen LogP contribution is -2.26. The van der Waals surface area contributed by atoms with Gasteiger partial charge in [-0.3, -0.25) is 9.59 Å². The highest BCUT2D eigenvalue weighted by Crippen LogP contribution is 2.16. The number of benzene rings is 2. The Morgan fingerprint density at radius 1 is 0.964 bits per heavy atom. The van der Waals surface area contributed by atoms with Gasteiger partial charge in [0.1, 0.15) is 5.76 Å². The topological polar surface area (TPSA) is 83.4 Å². The lowest BCUT2D eigenvalue weighted by Gasteiger charge is -2.12. The highest BCUT2D eigenvalue weighted by atomic mass is 16.3. The van der Waals surface area contributed by atoms with Crippen LogP contribution >= 0.6 is 0 Å². The molecule has 0 saturated carbocycles. The normalized spacial score (nSPS) is 10.4. The van der Waals surface area contributed by atoms with E-state index < -0.39 is 0 Å². The average Bonchev–Trinajstić information content (AvgIpc) is 3.21. The molecule has 1 heterocycles. The van der Waals surface area contributed by atoms with E-state index in [2.05, 4.69) is 16.0 Å². The molecule has 3 N–H and O–H groups in total. The van der Waals surface area contributed by atoms with Gasteiger partial charge in [-0.15, -0.1) is 0 Å². The van der Waals surface area contributed by atoms with Crippen LogP contribution in [0.1, 0.15) is 27.2 Å². The molecule has 0 saturated heterocycles. The van der Waals surface area contributed by atoms with Gasteiger partial charge in [-0.2, -0.15) is 0 Å². The zero-order valence-corrected chi connectivity index (χ0v) is 15.9. The number of carbonyl (C=O) groups excluding carboxylic acids is 2. The summed E-state index contributed by atoms with van der Waals surface area (Å²) < 4.78 is 5.22. The van der Waals surface area contributed by atoms with E-state index in [1.54, 1.807) is 36.6 Å². The molecule has 1 aromatic heterocycles. The minimum atomic E-state index is -0.242. The second-order valence-corrected chi connectivity index (χ2v) is 6.51. The molecule has 144 valence electrons. The van der Waals surface area contributed by atoms with Crippen LogP contribution < -0.4 is 16.0 Å². The monoisotopic (exact) mass is 377 g/mol. The van der Waals surface area contributed by atoms with Gasteiger partial charge in [0, 0.05) is 11.4 Å². The minimum Gasteiger partial charge on any atom is -0.467 e. The van der Waals surface area contributed by atoms with Crippen molar-refractivity contribution >= 4 is 23.2 Å². The second-order valence-electron chi connectivity index (χ2n) is 6.51. The summed E-state index contributed by atoms with van der Waals surface area (Å²) in [5.74, 6) is 0.245. The standard InChI is InChI=1S/C22H23N3O3/c1-15-9-10-17(12-16(15)2)25-21(26)14-23-20-8-4-3-7-19(20)22(27)24-13-18-6-5-11-28-18/h3-12,23H,13-14H2,1-2H3,(H,24,27)(H,25,26). The summed E-state index contributed by atoms with van der Waals surface area (Å²) in [4.78, 5) is 24.7. The van der Waals surface area contributed by atoms with Crippen molar-refractivity contribution < 1.29 is 14.0 Å². The van der Waals surface area contributed by atoms with Crippen molar-refractivity contribution in [2.75, 3.05) is 17.2 Å². The number of hydrogen-bond donors (Lipinski definition) is 3. The Bertz CT molecular complexity index is 965. The Kier molecular flexibility index (Phi) is 6.11. The van der Waals surface area contributed by atoms with Crippen molar-refractivity contribution in [2.24, 2.45) is 0 Å². The van der Waals surface area contributed by atoms with E-state index in [0.29, 0.717) is 23.6 Å². The first kappa shape index (κ1) is 19.2. The minimum absolute atomic E-state index is 0.0510. The molecule has 6 heteroatoms. The second kappa shape index (κ2) is 8.90. The van der Waals surface area contributed by atoms with Crippen molar-refractivity contribution in [3.63, 3.8) is 0 Å². The fourth-order valence-corrected chi connectivity index (χ4v) is 2.71. The van der Waals surface area contributed by atoms with Crippen molar-refractivity contribution in [3.05, 3.63) is 83.3 Å². The summed E-state index contributed by atoms with van der Waals surface area (Å²) >= 11 is 0. The fraction of sp³-hybridized carbons (Fsp3) is 0.182. The molecule has 0 aliphatic rings. The highest BCUT2D eigenvalue weighted by molar-refractivity contribution is 6.00. The number of carbonyl (C=O) groups is 2. The van der Waals surface area contributed by atoms with Gasteiger partial charge < -0.3 is 20.4 Å². The van der Waals surface area contributed by atoms with E-state index in [-0.39, 0.29) is 18.4 Å². The molecule has 0 unspecified atom stereocenters. The van der Waals surface area contributed by atoms with Gasteiger partial charge in [0.25, 0.3) is 5.91 Å². The number of anilines is 2. The van der Waals surface area contributed by atoms with Crippen molar-refractivity contribution in [3.8, 4) is 0 Å². The lowest BCUT2D eigenvalue weighted by molar-refractivity contribution is -0.114. The van der Waals surface area contributed by atoms with Gasteiger partial charge in [0.2, 0.25) is 5.91 Å². The van der Waals surface area contributed by atoms with Crippen LogP contribution in [0.25, 0.3) is 0 Å². The predicted molar refractivity (Wildman–Crippen MR) is 109 cm³/mol. The van der Waals surface area contributed by atoms with Gasteiger partial charge >= 0.3 is 0 Å². The van der Waals surface area contributed by atoms with E-state index in [9.17, 15) is 9.59 Å². The lowest BCUT2D eigenvalue weighted by atomic mass is 10.1. The largest absolute Gasteiger partial charge is 0.467 e. The first-order chi connectivity index (χ1) is 13.5. The Hall–Kier alpha value is -3.54. The van der Waals surface area contributed by atoms with E-state index in [4.69, 9.17) is 4.42 Å². The van der Waals surface area contributed by atoms with Gasteiger partial charge in [0.05, 0.1) is 24.9 Å². The molecule has 2 amide bonds. The maximum atomic E-state index is 12.5. The van der Waals surface area contributed by atoms with Crippen LogP contribution in [-0.4, -0.2) is 18.4 Å². The number of rotatable bonds is 7. The molecule has 0 aliphatic carbocycles. The first-order valence-corrected chi connectivity index (χ1v) is 9.03. The number of hydrogen-bond acceptors (Lipinski definition) is 4. The van der Waals surface area contributed by atoms with E-state index in [1.807, 2.05) is 38.1 Å². The number of furan rings is 1. The molecule has 0 radical (unpaired) electrons. The predicted octanol–water partition coefficient (Wildman–Crippen LogP) is 3.88. The molecule has 6 nitrogen and oxygen atoms in total. The third kappa shape index (κ3) is 5.01. The SMILES string of the molecule is Cc1ccc(NC(=O)CNc2ccccc2C(=O)NCc2ccco2)cc1C. The molecular weight excluding hydrogens is 354 g/mol. The van der Waals surface area contributed by atoms with Gasteiger partial charge in [-0.1, -0.05) is 18.2 Å². The number of aryl methyl sites for hydroxylation is 2. The summed E-state index contributed by atoms with van der Waals surface area (Å²) in [5.41, 5.74) is 4.09. The van der Waals surface area contributed by atoms with Crippen molar-refractivity contribution in [1.29, 1.82) is 0 Å². The van der Waals surface area contributed by atoms with E-state index >= 15 is 0 Å². The Morgan fingerprint density at radius 3 is 2.54 bits per heavy atom. The van der Waals surface area contributed by atoms with Crippen molar-refractivity contribution in [2.45, 2.75) is 20.4 Å². The van der Waals surface area contributed by atoms with Crippen LogP contribution in [0.2, 0.25) is 0 Å². The van der Waals surface area contributed by atoms with Crippen LogP contribution in [0.3, 0.4) is 0 Å². The Morgan fingerprint density at radius 2 is 1.79 bits per heavy atom. The zero-order valence-electron chi connectivity index (χ0n) is 15.9. The molecule has 3 aromatic rings. The molecule has 0 aliphatic heterocycles. The molecule has 0 bridgehead atoms. The Balaban J connectivity index is 1.58. The summed E-state index contributed by atoms with van der Waals surface area (Å²) in [7, 11) is 0. The van der Waals surface area contributed by atoms with Crippen LogP contribution in [0.15, 0.2) is 65.3 Å². The molecule has 0 fully saturated rings.